The maximum Gasteiger partial charge on any atom is 0.341 e. The molecule has 0 spiro atoms. The van der Waals surface area contributed by atoms with E-state index in [0.717, 1.165) is 37.9 Å². The second kappa shape index (κ2) is 10.4. The Morgan fingerprint density at radius 3 is 2.43 bits per heavy atom. The molecule has 0 saturated heterocycles. The van der Waals surface area contributed by atoms with Crippen molar-refractivity contribution < 1.29 is 14.3 Å². The molecule has 1 atom stereocenters. The molecule has 6 heteroatoms. The Morgan fingerprint density at radius 1 is 1.21 bits per heavy atom. The van der Waals surface area contributed by atoms with Crippen molar-refractivity contribution in [1.82, 2.24) is 4.90 Å². The SMILES string of the molecule is CCOC(=O)c1c(NC(=O)CN(CC(C)C)CC(C)C)sc2c1CCC(C)C2. The first-order chi connectivity index (χ1) is 13.2. The van der Waals surface area contributed by atoms with Crippen LogP contribution in [-0.4, -0.2) is 43.0 Å². The highest BCUT2D eigenvalue weighted by Gasteiger charge is 2.29. The first-order valence-corrected chi connectivity index (χ1v) is 11.4. The van der Waals surface area contributed by atoms with Gasteiger partial charge in [-0.3, -0.25) is 9.69 Å². The number of hydrogen-bond acceptors (Lipinski definition) is 5. The maximum atomic E-state index is 12.8. The molecule has 0 radical (unpaired) electrons. The van der Waals surface area contributed by atoms with Gasteiger partial charge in [0.25, 0.3) is 0 Å². The zero-order chi connectivity index (χ0) is 20.8. The van der Waals surface area contributed by atoms with Crippen molar-refractivity contribution in [2.24, 2.45) is 17.8 Å². The average Bonchev–Trinajstić information content (AvgIpc) is 2.90. The predicted octanol–water partition coefficient (Wildman–Crippen LogP) is 4.60. The van der Waals surface area contributed by atoms with Crippen LogP contribution in [0.5, 0.6) is 0 Å². The lowest BCUT2D eigenvalue weighted by molar-refractivity contribution is -0.117. The summed E-state index contributed by atoms with van der Waals surface area (Å²) >= 11 is 1.55. The highest BCUT2D eigenvalue weighted by molar-refractivity contribution is 7.17. The molecule has 0 fully saturated rings. The van der Waals surface area contributed by atoms with E-state index in [2.05, 4.69) is 44.8 Å². The van der Waals surface area contributed by atoms with Crippen LogP contribution in [0.4, 0.5) is 5.00 Å². The summed E-state index contributed by atoms with van der Waals surface area (Å²) in [5.74, 6) is 1.23. The van der Waals surface area contributed by atoms with Crippen LogP contribution in [0.25, 0.3) is 0 Å². The van der Waals surface area contributed by atoms with Gasteiger partial charge in [-0.25, -0.2) is 4.79 Å². The van der Waals surface area contributed by atoms with E-state index in [4.69, 9.17) is 4.74 Å². The Morgan fingerprint density at radius 2 is 1.86 bits per heavy atom. The lowest BCUT2D eigenvalue weighted by Crippen LogP contribution is -2.38. The minimum atomic E-state index is -0.314. The highest BCUT2D eigenvalue weighted by atomic mass is 32.1. The molecule has 0 saturated carbocycles. The van der Waals surface area contributed by atoms with Crippen LogP contribution < -0.4 is 5.32 Å². The normalized spacial score (nSPS) is 16.5. The number of thiophene rings is 1. The van der Waals surface area contributed by atoms with Crippen LogP contribution in [-0.2, 0) is 22.4 Å². The Labute approximate surface area is 173 Å². The van der Waals surface area contributed by atoms with Crippen molar-refractivity contribution in [3.8, 4) is 0 Å². The number of ether oxygens (including phenoxy) is 1. The molecule has 5 nitrogen and oxygen atoms in total. The molecule has 1 aromatic rings. The number of carbonyl (C=O) groups excluding carboxylic acids is 2. The summed E-state index contributed by atoms with van der Waals surface area (Å²) in [6.07, 6.45) is 2.92. The first-order valence-electron chi connectivity index (χ1n) is 10.5. The summed E-state index contributed by atoms with van der Waals surface area (Å²) in [6.45, 7) is 15.2. The number of amides is 1. The maximum absolute atomic E-state index is 12.8. The second-order valence-corrected chi connectivity index (χ2v) is 9.91. The topological polar surface area (TPSA) is 58.6 Å². The second-order valence-electron chi connectivity index (χ2n) is 8.81. The number of rotatable bonds is 9. The van der Waals surface area contributed by atoms with E-state index in [0.29, 0.717) is 41.5 Å². The van der Waals surface area contributed by atoms with Crippen molar-refractivity contribution in [1.29, 1.82) is 0 Å². The average molecular weight is 409 g/mol. The lowest BCUT2D eigenvalue weighted by Gasteiger charge is -2.25. The minimum absolute atomic E-state index is 0.0570. The number of nitrogens with one attached hydrogen (secondary N) is 1. The number of esters is 1. The first kappa shape index (κ1) is 22.9. The Balaban J connectivity index is 2.19. The quantitative estimate of drug-likeness (QED) is 0.607. The van der Waals surface area contributed by atoms with Crippen molar-refractivity contribution in [2.75, 3.05) is 31.6 Å². The van der Waals surface area contributed by atoms with Gasteiger partial charge in [0, 0.05) is 18.0 Å². The van der Waals surface area contributed by atoms with E-state index in [1.807, 2.05) is 6.92 Å². The van der Waals surface area contributed by atoms with Crippen LogP contribution in [0.15, 0.2) is 0 Å². The zero-order valence-electron chi connectivity index (χ0n) is 18.3. The molecule has 1 amide bonds. The summed E-state index contributed by atoms with van der Waals surface area (Å²) in [7, 11) is 0. The Hall–Kier alpha value is -1.40. The van der Waals surface area contributed by atoms with Gasteiger partial charge in [0.15, 0.2) is 0 Å². The summed E-state index contributed by atoms with van der Waals surface area (Å²) in [4.78, 5) is 28.8. The van der Waals surface area contributed by atoms with Gasteiger partial charge in [0.2, 0.25) is 5.91 Å². The van der Waals surface area contributed by atoms with E-state index in [1.165, 1.54) is 4.88 Å². The van der Waals surface area contributed by atoms with Gasteiger partial charge < -0.3 is 10.1 Å². The van der Waals surface area contributed by atoms with Crippen LogP contribution in [0.1, 0.15) is 68.8 Å². The molecule has 0 aromatic carbocycles. The van der Waals surface area contributed by atoms with Gasteiger partial charge in [0.05, 0.1) is 18.7 Å². The van der Waals surface area contributed by atoms with Gasteiger partial charge in [0.1, 0.15) is 5.00 Å². The molecular weight excluding hydrogens is 372 g/mol. The highest BCUT2D eigenvalue weighted by Crippen LogP contribution is 2.40. The van der Waals surface area contributed by atoms with Gasteiger partial charge in [-0.15, -0.1) is 11.3 Å². The molecule has 1 N–H and O–H groups in total. The molecule has 1 aliphatic rings. The van der Waals surface area contributed by atoms with Crippen molar-refractivity contribution in [3.05, 3.63) is 16.0 Å². The summed E-state index contributed by atoms with van der Waals surface area (Å²) in [5.41, 5.74) is 1.67. The van der Waals surface area contributed by atoms with E-state index < -0.39 is 0 Å². The fraction of sp³-hybridized carbons (Fsp3) is 0.727. The fourth-order valence-electron chi connectivity index (χ4n) is 3.86. The van der Waals surface area contributed by atoms with Crippen molar-refractivity contribution in [2.45, 2.75) is 60.8 Å². The molecule has 1 aromatic heterocycles. The zero-order valence-corrected chi connectivity index (χ0v) is 19.1. The molecule has 0 aliphatic heterocycles. The lowest BCUT2D eigenvalue weighted by atomic mass is 9.88. The van der Waals surface area contributed by atoms with Gasteiger partial charge in [-0.05, 0) is 49.5 Å². The number of anilines is 1. The molecule has 0 bridgehead atoms. The predicted molar refractivity (Wildman–Crippen MR) is 116 cm³/mol. The monoisotopic (exact) mass is 408 g/mol. The molecule has 28 heavy (non-hydrogen) atoms. The van der Waals surface area contributed by atoms with E-state index in [1.54, 1.807) is 11.3 Å². The molecule has 1 unspecified atom stereocenters. The van der Waals surface area contributed by atoms with Crippen LogP contribution >= 0.6 is 11.3 Å². The fourth-order valence-corrected chi connectivity index (χ4v) is 5.28. The standard InChI is InChI=1S/C22H36N2O3S/c1-7-27-22(26)20-17-9-8-16(6)10-18(17)28-21(20)23-19(25)13-24(11-14(2)3)12-15(4)5/h14-16H,7-13H2,1-6H3,(H,23,25). The third-order valence-electron chi connectivity index (χ3n) is 4.86. The number of nitrogens with zero attached hydrogens (tertiary/aromatic N) is 1. The minimum Gasteiger partial charge on any atom is -0.462 e. The van der Waals surface area contributed by atoms with Gasteiger partial charge in [-0.1, -0.05) is 34.6 Å². The van der Waals surface area contributed by atoms with Gasteiger partial charge in [-0.2, -0.15) is 0 Å². The van der Waals surface area contributed by atoms with E-state index in [9.17, 15) is 9.59 Å². The van der Waals surface area contributed by atoms with Crippen molar-refractivity contribution >= 4 is 28.2 Å². The number of hydrogen-bond donors (Lipinski definition) is 1. The third-order valence-corrected chi connectivity index (χ3v) is 6.03. The molecule has 1 aliphatic carbocycles. The van der Waals surface area contributed by atoms with Crippen LogP contribution in [0.3, 0.4) is 0 Å². The summed E-state index contributed by atoms with van der Waals surface area (Å²) < 4.78 is 5.29. The number of carbonyl (C=O) groups is 2. The van der Waals surface area contributed by atoms with Crippen LogP contribution in [0, 0.1) is 17.8 Å². The largest absolute Gasteiger partial charge is 0.462 e. The number of fused-ring (bicyclic) bond motifs is 1. The van der Waals surface area contributed by atoms with E-state index in [-0.39, 0.29) is 11.9 Å². The molecule has 1 heterocycles. The third kappa shape index (κ3) is 6.31. The molecular formula is C22H36N2O3S. The van der Waals surface area contributed by atoms with Gasteiger partial charge >= 0.3 is 5.97 Å². The van der Waals surface area contributed by atoms with E-state index >= 15 is 0 Å². The molecule has 2 rings (SSSR count). The van der Waals surface area contributed by atoms with Crippen molar-refractivity contribution in [3.63, 3.8) is 0 Å². The Bertz CT molecular complexity index is 672. The molecule has 158 valence electrons. The van der Waals surface area contributed by atoms with Crippen LogP contribution in [0.2, 0.25) is 0 Å². The summed E-state index contributed by atoms with van der Waals surface area (Å²) in [6, 6.07) is 0. The smallest absolute Gasteiger partial charge is 0.341 e. The summed E-state index contributed by atoms with van der Waals surface area (Å²) in [5, 5.41) is 3.70. The Kier molecular flexibility index (Phi) is 8.50.